The summed E-state index contributed by atoms with van der Waals surface area (Å²) in [5.41, 5.74) is 0. The molecule has 2 heterocycles. The van der Waals surface area contributed by atoms with Gasteiger partial charge < -0.3 is 4.74 Å². The van der Waals surface area contributed by atoms with Gasteiger partial charge in [0.1, 0.15) is 12.7 Å². The maximum atomic E-state index is 11.7. The second-order valence-corrected chi connectivity index (χ2v) is 7.67. The summed E-state index contributed by atoms with van der Waals surface area (Å²) in [7, 11) is 0.0348. The van der Waals surface area contributed by atoms with Gasteiger partial charge in [-0.05, 0) is 13.0 Å². The van der Waals surface area contributed by atoms with Crippen LogP contribution in [0.2, 0.25) is 0 Å². The summed E-state index contributed by atoms with van der Waals surface area (Å²) < 4.78 is 32.2. The molecule has 1 aliphatic rings. The average Bonchev–Trinajstić information content (AvgIpc) is 2.91. The molecule has 9 heteroatoms. The van der Waals surface area contributed by atoms with Crippen LogP contribution in [0.4, 0.5) is 0 Å². The third-order valence-corrected chi connectivity index (χ3v) is 5.43. The van der Waals surface area contributed by atoms with E-state index in [1.807, 2.05) is 0 Å². The van der Waals surface area contributed by atoms with Crippen LogP contribution in [0.1, 0.15) is 6.42 Å². The van der Waals surface area contributed by atoms with Crippen LogP contribution in [0, 0.1) is 0 Å². The zero-order chi connectivity index (χ0) is 15.3. The van der Waals surface area contributed by atoms with Gasteiger partial charge >= 0.3 is 0 Å². The van der Waals surface area contributed by atoms with E-state index in [0.29, 0.717) is 19.6 Å². The van der Waals surface area contributed by atoms with Crippen LogP contribution >= 0.6 is 0 Å². The molecule has 0 saturated carbocycles. The highest BCUT2D eigenvalue weighted by molar-refractivity contribution is 7.89. The fourth-order valence-corrected chi connectivity index (χ4v) is 3.14. The molecular weight excluding hydrogens is 294 g/mol. The molecule has 1 aromatic rings. The first kappa shape index (κ1) is 16.3. The molecule has 0 aromatic carbocycles. The van der Waals surface area contributed by atoms with Crippen molar-refractivity contribution in [3.05, 3.63) is 12.7 Å². The average molecular weight is 317 g/mol. The number of sulfonamides is 1. The van der Waals surface area contributed by atoms with Crippen molar-refractivity contribution in [2.24, 2.45) is 0 Å². The quantitative estimate of drug-likeness (QED) is 0.659. The van der Waals surface area contributed by atoms with Gasteiger partial charge in [-0.3, -0.25) is 9.58 Å². The first-order chi connectivity index (χ1) is 9.97. The summed E-state index contributed by atoms with van der Waals surface area (Å²) in [6.07, 6.45) is 3.89. The number of morpholine rings is 1. The summed E-state index contributed by atoms with van der Waals surface area (Å²) in [5, 5.41) is 4.07. The molecule has 120 valence electrons. The number of rotatable bonds is 7. The molecule has 21 heavy (non-hydrogen) atoms. The molecule has 1 saturated heterocycles. The Morgan fingerprint density at radius 3 is 2.90 bits per heavy atom. The monoisotopic (exact) mass is 317 g/mol. The number of aromatic nitrogens is 3. The number of hydrogen-bond donors (Lipinski definition) is 0. The minimum Gasteiger partial charge on any atom is -0.374 e. The fourth-order valence-electron chi connectivity index (χ4n) is 2.28. The molecule has 1 fully saturated rings. The minimum absolute atomic E-state index is 0.0749. The summed E-state index contributed by atoms with van der Waals surface area (Å²) in [4.78, 5) is 6.16. The Hall–Kier alpha value is -1.03. The molecule has 0 spiro atoms. The first-order valence-corrected chi connectivity index (χ1v) is 8.65. The van der Waals surface area contributed by atoms with E-state index in [2.05, 4.69) is 15.0 Å². The van der Waals surface area contributed by atoms with Crippen molar-refractivity contribution < 1.29 is 13.2 Å². The zero-order valence-corrected chi connectivity index (χ0v) is 13.4. The molecule has 0 bridgehead atoms. The number of ether oxygens (including phenoxy) is 1. The predicted molar refractivity (Wildman–Crippen MR) is 78.3 cm³/mol. The summed E-state index contributed by atoms with van der Waals surface area (Å²) in [6, 6.07) is 0. The maximum Gasteiger partial charge on any atom is 0.213 e. The summed E-state index contributed by atoms with van der Waals surface area (Å²) in [6.45, 7) is 3.74. The van der Waals surface area contributed by atoms with Crippen molar-refractivity contribution in [1.82, 2.24) is 24.0 Å². The van der Waals surface area contributed by atoms with E-state index in [9.17, 15) is 8.42 Å². The van der Waals surface area contributed by atoms with Gasteiger partial charge in [-0.2, -0.15) is 5.10 Å². The molecule has 8 nitrogen and oxygen atoms in total. The lowest BCUT2D eigenvalue weighted by Gasteiger charge is -2.32. The normalized spacial score (nSPS) is 21.0. The standard InChI is InChI=1S/C12H23N5O3S/c1-15(2)21(18,19)7-3-4-16-5-6-20-12(8-16)9-17-11-13-10-14-17/h10-12H,3-9H2,1-2H3. The van der Waals surface area contributed by atoms with Crippen LogP contribution in [-0.2, 0) is 21.3 Å². The Bertz CT molecular complexity index is 517. The van der Waals surface area contributed by atoms with E-state index in [-0.39, 0.29) is 11.9 Å². The lowest BCUT2D eigenvalue weighted by Crippen LogP contribution is -2.45. The second-order valence-electron chi connectivity index (χ2n) is 5.36. The molecule has 1 aromatic heterocycles. The van der Waals surface area contributed by atoms with Gasteiger partial charge in [-0.1, -0.05) is 0 Å². The zero-order valence-electron chi connectivity index (χ0n) is 12.6. The number of hydrogen-bond acceptors (Lipinski definition) is 6. The molecule has 2 rings (SSSR count). The minimum atomic E-state index is -3.10. The van der Waals surface area contributed by atoms with Gasteiger partial charge in [-0.25, -0.2) is 17.7 Å². The topological polar surface area (TPSA) is 80.6 Å². The molecule has 0 N–H and O–H groups in total. The van der Waals surface area contributed by atoms with Crippen LogP contribution in [0.25, 0.3) is 0 Å². The van der Waals surface area contributed by atoms with E-state index in [4.69, 9.17) is 4.74 Å². The van der Waals surface area contributed by atoms with E-state index in [0.717, 1.165) is 19.6 Å². The van der Waals surface area contributed by atoms with Crippen molar-refractivity contribution in [2.75, 3.05) is 46.1 Å². The highest BCUT2D eigenvalue weighted by Gasteiger charge is 2.21. The van der Waals surface area contributed by atoms with Crippen molar-refractivity contribution in [1.29, 1.82) is 0 Å². The Kier molecular flexibility index (Phi) is 5.68. The van der Waals surface area contributed by atoms with Crippen molar-refractivity contribution in [3.8, 4) is 0 Å². The van der Waals surface area contributed by atoms with Gasteiger partial charge in [-0.15, -0.1) is 0 Å². The molecule has 0 radical (unpaired) electrons. The van der Waals surface area contributed by atoms with Gasteiger partial charge in [0, 0.05) is 27.2 Å². The van der Waals surface area contributed by atoms with E-state index in [1.165, 1.54) is 10.6 Å². The molecule has 1 atom stereocenters. The SMILES string of the molecule is CN(C)S(=O)(=O)CCCN1CCOC(Cn2cncn2)C1. The van der Waals surface area contributed by atoms with Crippen LogP contribution in [0.15, 0.2) is 12.7 Å². The van der Waals surface area contributed by atoms with Crippen LogP contribution < -0.4 is 0 Å². The maximum absolute atomic E-state index is 11.7. The van der Waals surface area contributed by atoms with Crippen LogP contribution in [0.3, 0.4) is 0 Å². The van der Waals surface area contributed by atoms with Crippen molar-refractivity contribution in [3.63, 3.8) is 0 Å². The van der Waals surface area contributed by atoms with Gasteiger partial charge in [0.15, 0.2) is 0 Å². The molecule has 0 aliphatic carbocycles. The van der Waals surface area contributed by atoms with E-state index < -0.39 is 10.0 Å². The van der Waals surface area contributed by atoms with Gasteiger partial charge in [0.05, 0.1) is 25.0 Å². The van der Waals surface area contributed by atoms with Gasteiger partial charge in [0.25, 0.3) is 0 Å². The van der Waals surface area contributed by atoms with Crippen LogP contribution in [0.5, 0.6) is 0 Å². The predicted octanol–water partition coefficient (Wildman–Crippen LogP) is -0.740. The molecule has 0 amide bonds. The highest BCUT2D eigenvalue weighted by Crippen LogP contribution is 2.08. The lowest BCUT2D eigenvalue weighted by molar-refractivity contribution is -0.0373. The number of nitrogens with zero attached hydrogens (tertiary/aromatic N) is 5. The Labute approximate surface area is 125 Å². The lowest BCUT2D eigenvalue weighted by atomic mass is 10.2. The second kappa shape index (κ2) is 7.30. The Balaban J connectivity index is 1.74. The largest absolute Gasteiger partial charge is 0.374 e. The third kappa shape index (κ3) is 5.03. The van der Waals surface area contributed by atoms with Crippen LogP contribution in [-0.4, -0.2) is 84.6 Å². The third-order valence-electron chi connectivity index (χ3n) is 3.51. The van der Waals surface area contributed by atoms with Crippen molar-refractivity contribution >= 4 is 10.0 Å². The summed E-state index contributed by atoms with van der Waals surface area (Å²) in [5.74, 6) is 0.186. The molecule has 1 unspecified atom stereocenters. The Morgan fingerprint density at radius 1 is 1.43 bits per heavy atom. The Morgan fingerprint density at radius 2 is 2.24 bits per heavy atom. The van der Waals surface area contributed by atoms with E-state index in [1.54, 1.807) is 25.1 Å². The van der Waals surface area contributed by atoms with E-state index >= 15 is 0 Å². The van der Waals surface area contributed by atoms with Gasteiger partial charge in [0.2, 0.25) is 10.0 Å². The highest BCUT2D eigenvalue weighted by atomic mass is 32.2. The smallest absolute Gasteiger partial charge is 0.213 e. The molecule has 1 aliphatic heterocycles. The first-order valence-electron chi connectivity index (χ1n) is 7.04. The fraction of sp³-hybridized carbons (Fsp3) is 0.833. The molecular formula is C12H23N5O3S. The summed E-state index contributed by atoms with van der Waals surface area (Å²) >= 11 is 0. The van der Waals surface area contributed by atoms with Crippen molar-refractivity contribution in [2.45, 2.75) is 19.1 Å².